The number of benzene rings is 2. The Kier molecular flexibility index (Phi) is 4.81. The quantitative estimate of drug-likeness (QED) is 0.805. The average Bonchev–Trinajstić information content (AvgIpc) is 3.38. The summed E-state index contributed by atoms with van der Waals surface area (Å²) in [6.45, 7) is 6.04. The van der Waals surface area contributed by atoms with E-state index < -0.39 is 6.10 Å². The lowest BCUT2D eigenvalue weighted by Crippen LogP contribution is -2.44. The second kappa shape index (κ2) is 7.17. The maximum absolute atomic E-state index is 13.2. The van der Waals surface area contributed by atoms with E-state index in [1.807, 2.05) is 13.0 Å². The number of hydrogen-bond acceptors (Lipinski definition) is 3. The zero-order chi connectivity index (χ0) is 20.8. The summed E-state index contributed by atoms with van der Waals surface area (Å²) in [6, 6.07) is 9.75. The van der Waals surface area contributed by atoms with Crippen molar-refractivity contribution in [2.45, 2.75) is 52.7 Å². The van der Waals surface area contributed by atoms with Gasteiger partial charge in [-0.25, -0.2) is 4.39 Å². The molecular weight excluding hydrogens is 371 g/mol. The van der Waals surface area contributed by atoms with Crippen LogP contribution in [-0.4, -0.2) is 17.9 Å². The van der Waals surface area contributed by atoms with Gasteiger partial charge < -0.3 is 15.0 Å². The Morgan fingerprint density at radius 2 is 1.97 bits per heavy atom. The number of fused-ring (bicyclic) bond motifs is 1. The monoisotopic (exact) mass is 396 g/mol. The highest BCUT2D eigenvalue weighted by molar-refractivity contribution is 6.01. The number of ether oxygens (including phenoxy) is 1. The van der Waals surface area contributed by atoms with Crippen molar-refractivity contribution in [2.75, 3.05) is 10.2 Å². The Morgan fingerprint density at radius 3 is 2.62 bits per heavy atom. The first-order valence-electron chi connectivity index (χ1n) is 9.91. The van der Waals surface area contributed by atoms with Crippen LogP contribution >= 0.6 is 0 Å². The number of carbonyl (C=O) groups is 2. The number of rotatable bonds is 5. The molecule has 1 aliphatic carbocycles. The van der Waals surface area contributed by atoms with Crippen molar-refractivity contribution in [3.05, 3.63) is 53.3 Å². The molecule has 0 bridgehead atoms. The molecule has 0 spiro atoms. The van der Waals surface area contributed by atoms with Gasteiger partial charge in [0.25, 0.3) is 5.91 Å². The van der Waals surface area contributed by atoms with Crippen molar-refractivity contribution in [1.82, 2.24) is 0 Å². The number of hydrogen-bond donors (Lipinski definition) is 1. The molecule has 1 fully saturated rings. The highest BCUT2D eigenvalue weighted by atomic mass is 19.1. The molecule has 1 saturated carbocycles. The van der Waals surface area contributed by atoms with E-state index in [1.165, 1.54) is 12.1 Å². The van der Waals surface area contributed by atoms with E-state index in [0.29, 0.717) is 30.1 Å². The molecule has 2 aliphatic rings. The van der Waals surface area contributed by atoms with Gasteiger partial charge in [0, 0.05) is 18.2 Å². The topological polar surface area (TPSA) is 58.6 Å². The minimum Gasteiger partial charge on any atom is -0.479 e. The van der Waals surface area contributed by atoms with E-state index >= 15 is 0 Å². The summed E-state index contributed by atoms with van der Waals surface area (Å²) in [5.74, 6) is 0.0840. The lowest BCUT2D eigenvalue weighted by molar-refractivity contribution is -0.125. The molecule has 2 aromatic rings. The first-order chi connectivity index (χ1) is 13.7. The average molecular weight is 396 g/mol. The van der Waals surface area contributed by atoms with Crippen LogP contribution in [0.3, 0.4) is 0 Å². The van der Waals surface area contributed by atoms with Gasteiger partial charge in [0.1, 0.15) is 11.6 Å². The SMILES string of the molecule is Cc1cc2c(cc1NC(=O)CC1(C)CC1)OC(C)C(=O)N2Cc1ccc(F)cc1. The van der Waals surface area contributed by atoms with Crippen molar-refractivity contribution in [3.63, 3.8) is 0 Å². The van der Waals surface area contributed by atoms with Gasteiger partial charge in [-0.3, -0.25) is 9.59 Å². The molecule has 0 aromatic heterocycles. The number of aryl methyl sites for hydroxylation is 1. The summed E-state index contributed by atoms with van der Waals surface area (Å²) >= 11 is 0. The van der Waals surface area contributed by atoms with Crippen LogP contribution in [0.1, 0.15) is 44.2 Å². The minimum absolute atomic E-state index is 0.00356. The number of nitrogens with one attached hydrogen (secondary N) is 1. The lowest BCUT2D eigenvalue weighted by Gasteiger charge is -2.34. The molecule has 1 heterocycles. The third-order valence-electron chi connectivity index (χ3n) is 5.73. The molecule has 1 atom stereocenters. The number of amides is 2. The number of anilines is 2. The molecule has 5 nitrogen and oxygen atoms in total. The Labute approximate surface area is 169 Å². The normalized spacial score (nSPS) is 19.4. The van der Waals surface area contributed by atoms with Gasteiger partial charge in [-0.05, 0) is 61.4 Å². The molecule has 6 heteroatoms. The van der Waals surface area contributed by atoms with Crippen LogP contribution < -0.4 is 15.0 Å². The maximum Gasteiger partial charge on any atom is 0.268 e. The lowest BCUT2D eigenvalue weighted by atomic mass is 10.0. The van der Waals surface area contributed by atoms with E-state index in [0.717, 1.165) is 24.0 Å². The van der Waals surface area contributed by atoms with Crippen LogP contribution in [0.4, 0.5) is 15.8 Å². The van der Waals surface area contributed by atoms with Gasteiger partial charge in [0.05, 0.1) is 12.2 Å². The summed E-state index contributed by atoms with van der Waals surface area (Å²) in [4.78, 5) is 26.8. The van der Waals surface area contributed by atoms with Crippen molar-refractivity contribution in [2.24, 2.45) is 5.41 Å². The maximum atomic E-state index is 13.2. The van der Waals surface area contributed by atoms with E-state index in [4.69, 9.17) is 4.74 Å². The van der Waals surface area contributed by atoms with Gasteiger partial charge in [-0.2, -0.15) is 0 Å². The van der Waals surface area contributed by atoms with Gasteiger partial charge in [0.15, 0.2) is 6.10 Å². The molecule has 152 valence electrons. The van der Waals surface area contributed by atoms with Crippen LogP contribution in [-0.2, 0) is 16.1 Å². The molecule has 29 heavy (non-hydrogen) atoms. The van der Waals surface area contributed by atoms with Crippen molar-refractivity contribution in [1.29, 1.82) is 0 Å². The standard InChI is InChI=1S/C23H25FN2O3/c1-14-10-19-20(11-18(14)25-21(27)12-23(3)8-9-23)29-15(2)22(28)26(19)13-16-4-6-17(24)7-5-16/h4-7,10-11,15H,8-9,12-13H2,1-3H3,(H,25,27). The first kappa shape index (κ1) is 19.4. The summed E-state index contributed by atoms with van der Waals surface area (Å²) in [6.07, 6.45) is 2.05. The van der Waals surface area contributed by atoms with Crippen molar-refractivity contribution < 1.29 is 18.7 Å². The van der Waals surface area contributed by atoms with E-state index in [9.17, 15) is 14.0 Å². The summed E-state index contributed by atoms with van der Waals surface area (Å²) in [7, 11) is 0. The smallest absolute Gasteiger partial charge is 0.268 e. The summed E-state index contributed by atoms with van der Waals surface area (Å²) < 4.78 is 19.0. The van der Waals surface area contributed by atoms with Gasteiger partial charge in [-0.15, -0.1) is 0 Å². The zero-order valence-electron chi connectivity index (χ0n) is 16.9. The summed E-state index contributed by atoms with van der Waals surface area (Å²) in [5.41, 5.74) is 3.17. The fourth-order valence-electron chi connectivity index (χ4n) is 3.60. The van der Waals surface area contributed by atoms with Crippen molar-refractivity contribution in [3.8, 4) is 5.75 Å². The van der Waals surface area contributed by atoms with Crippen LogP contribution in [0.25, 0.3) is 0 Å². The third kappa shape index (κ3) is 4.11. The van der Waals surface area contributed by atoms with Crippen LogP contribution in [0.15, 0.2) is 36.4 Å². The van der Waals surface area contributed by atoms with Crippen LogP contribution in [0.5, 0.6) is 5.75 Å². The molecule has 1 unspecified atom stereocenters. The van der Waals surface area contributed by atoms with Gasteiger partial charge >= 0.3 is 0 Å². The van der Waals surface area contributed by atoms with Gasteiger partial charge in [0.2, 0.25) is 5.91 Å². The van der Waals surface area contributed by atoms with E-state index in [2.05, 4.69) is 12.2 Å². The fraction of sp³-hybridized carbons (Fsp3) is 0.391. The second-order valence-corrected chi connectivity index (χ2v) is 8.48. The predicted molar refractivity (Wildman–Crippen MR) is 109 cm³/mol. The van der Waals surface area contributed by atoms with Crippen LogP contribution in [0.2, 0.25) is 0 Å². The number of carbonyl (C=O) groups excluding carboxylic acids is 2. The Bertz CT molecular complexity index is 967. The summed E-state index contributed by atoms with van der Waals surface area (Å²) in [5, 5.41) is 2.99. The highest BCUT2D eigenvalue weighted by Gasteiger charge is 2.39. The molecular formula is C23H25FN2O3. The zero-order valence-corrected chi connectivity index (χ0v) is 16.9. The second-order valence-electron chi connectivity index (χ2n) is 8.48. The number of halogens is 1. The molecule has 1 N–H and O–H groups in total. The molecule has 2 amide bonds. The minimum atomic E-state index is -0.639. The molecule has 0 radical (unpaired) electrons. The van der Waals surface area contributed by atoms with E-state index in [-0.39, 0.29) is 23.0 Å². The number of nitrogens with zero attached hydrogens (tertiary/aromatic N) is 1. The predicted octanol–water partition coefficient (Wildman–Crippen LogP) is 4.58. The Hall–Kier alpha value is -2.89. The van der Waals surface area contributed by atoms with Gasteiger partial charge in [-0.1, -0.05) is 19.1 Å². The van der Waals surface area contributed by atoms with Crippen LogP contribution in [0, 0.1) is 18.2 Å². The largest absolute Gasteiger partial charge is 0.479 e. The molecule has 2 aromatic carbocycles. The molecule has 1 aliphatic heterocycles. The Balaban J connectivity index is 1.60. The third-order valence-corrected chi connectivity index (χ3v) is 5.73. The molecule has 4 rings (SSSR count). The van der Waals surface area contributed by atoms with Crippen molar-refractivity contribution >= 4 is 23.2 Å². The highest BCUT2D eigenvalue weighted by Crippen LogP contribution is 2.48. The van der Waals surface area contributed by atoms with E-state index in [1.54, 1.807) is 30.0 Å². The fourth-order valence-corrected chi connectivity index (χ4v) is 3.60. The molecule has 0 saturated heterocycles. The Morgan fingerprint density at radius 1 is 1.28 bits per heavy atom. The first-order valence-corrected chi connectivity index (χ1v) is 9.91.